The first-order valence-electron chi connectivity index (χ1n) is 13.0. The normalized spacial score (nSPS) is 28.6. The Balaban J connectivity index is 2.38. The molecule has 2 aliphatic heterocycles. The van der Waals surface area contributed by atoms with Crippen molar-refractivity contribution >= 4 is 51.2 Å². The molecule has 0 aromatic rings. The molecule has 0 radical (unpaired) electrons. The lowest BCUT2D eigenvalue weighted by Gasteiger charge is -2.29. The highest BCUT2D eigenvalue weighted by Gasteiger charge is 2.33. The average Bonchev–Trinajstić information content (AvgIpc) is 2.87. The van der Waals surface area contributed by atoms with E-state index in [1.165, 1.54) is 28.7 Å². The van der Waals surface area contributed by atoms with Crippen molar-refractivity contribution < 1.29 is 38.6 Å². The minimum atomic E-state index is -1.24. The van der Waals surface area contributed by atoms with E-state index in [0.717, 1.165) is 0 Å². The van der Waals surface area contributed by atoms with E-state index >= 15 is 0 Å². The molecule has 5 atom stereocenters. The molecule has 2 aliphatic rings. The molecule has 1 saturated heterocycles. The summed E-state index contributed by atoms with van der Waals surface area (Å²) in [5, 5.41) is 21.6. The molecular formula is C25H40N4O8S2. The van der Waals surface area contributed by atoms with Crippen molar-refractivity contribution in [3.05, 3.63) is 12.2 Å². The van der Waals surface area contributed by atoms with Crippen LogP contribution in [0.4, 0.5) is 0 Å². The van der Waals surface area contributed by atoms with Crippen LogP contribution in [-0.4, -0.2) is 96.8 Å². The number of aliphatic hydroxyl groups is 1. The fraction of sp³-hybridized carbons (Fsp3) is 0.720. The van der Waals surface area contributed by atoms with E-state index in [2.05, 4.69) is 21.3 Å². The molecule has 0 aromatic heterocycles. The summed E-state index contributed by atoms with van der Waals surface area (Å²) in [6, 6.07) is -2.87. The summed E-state index contributed by atoms with van der Waals surface area (Å²) in [6.45, 7) is 4.23. The number of rotatable bonds is 7. The SMILES string of the molecule is COCCNC(=O)CC[C@H]1NC(=O)C[C@H]2/C=C/CCSSC[C@H](NC1=O)C(=O)N[C@H](C(C)C)[C@@H](O)CC(=O)O2. The molecule has 39 heavy (non-hydrogen) atoms. The predicted molar refractivity (Wildman–Crippen MR) is 149 cm³/mol. The first kappa shape index (κ1) is 32.9. The summed E-state index contributed by atoms with van der Waals surface area (Å²) < 4.78 is 10.4. The van der Waals surface area contributed by atoms with Crippen molar-refractivity contribution in [1.29, 1.82) is 0 Å². The van der Waals surface area contributed by atoms with Crippen LogP contribution < -0.4 is 21.3 Å². The Bertz CT molecular complexity index is 888. The Morgan fingerprint density at radius 1 is 1.15 bits per heavy atom. The Morgan fingerprint density at radius 3 is 2.64 bits per heavy atom. The van der Waals surface area contributed by atoms with Gasteiger partial charge in [0.25, 0.3) is 0 Å². The Morgan fingerprint density at radius 2 is 1.92 bits per heavy atom. The molecule has 1 fully saturated rings. The van der Waals surface area contributed by atoms with Gasteiger partial charge in [0.1, 0.15) is 18.2 Å². The number of fused-ring (bicyclic) bond motifs is 7. The van der Waals surface area contributed by atoms with Crippen molar-refractivity contribution in [2.24, 2.45) is 5.92 Å². The van der Waals surface area contributed by atoms with Crippen LogP contribution in [0.3, 0.4) is 0 Å². The largest absolute Gasteiger partial charge is 0.457 e. The summed E-state index contributed by atoms with van der Waals surface area (Å²) in [6.07, 6.45) is 1.23. The highest BCUT2D eigenvalue weighted by Crippen LogP contribution is 2.24. The third-order valence-electron chi connectivity index (χ3n) is 6.10. The van der Waals surface area contributed by atoms with E-state index in [4.69, 9.17) is 9.47 Å². The van der Waals surface area contributed by atoms with E-state index in [9.17, 15) is 29.1 Å². The second-order valence-corrected chi connectivity index (χ2v) is 12.3. The molecule has 12 nitrogen and oxygen atoms in total. The molecule has 0 aromatic carbocycles. The molecule has 0 spiro atoms. The van der Waals surface area contributed by atoms with Crippen molar-refractivity contribution in [1.82, 2.24) is 21.3 Å². The van der Waals surface area contributed by atoms with Gasteiger partial charge >= 0.3 is 5.97 Å². The maximum absolute atomic E-state index is 13.3. The number of methoxy groups -OCH3 is 1. The number of ether oxygens (including phenoxy) is 2. The molecule has 5 N–H and O–H groups in total. The number of allylic oxidation sites excluding steroid dienone is 1. The quantitative estimate of drug-likeness (QED) is 0.118. The second kappa shape index (κ2) is 17.4. The first-order chi connectivity index (χ1) is 18.6. The maximum Gasteiger partial charge on any atom is 0.309 e. The number of esters is 1. The van der Waals surface area contributed by atoms with Crippen molar-refractivity contribution in [3.63, 3.8) is 0 Å². The average molecular weight is 589 g/mol. The molecule has 2 bridgehead atoms. The van der Waals surface area contributed by atoms with E-state index in [0.29, 0.717) is 25.3 Å². The van der Waals surface area contributed by atoms with Gasteiger partial charge in [0.15, 0.2) is 0 Å². The van der Waals surface area contributed by atoms with Gasteiger partial charge in [-0.15, -0.1) is 0 Å². The summed E-state index contributed by atoms with van der Waals surface area (Å²) >= 11 is 0. The molecule has 0 saturated carbocycles. The van der Waals surface area contributed by atoms with E-state index in [-0.39, 0.29) is 43.3 Å². The van der Waals surface area contributed by atoms with Crippen LogP contribution in [0.2, 0.25) is 0 Å². The Hall–Kier alpha value is -2.29. The van der Waals surface area contributed by atoms with Crippen LogP contribution in [0.15, 0.2) is 12.2 Å². The molecule has 2 rings (SSSR count). The van der Waals surface area contributed by atoms with Crippen LogP contribution in [0, 0.1) is 5.92 Å². The van der Waals surface area contributed by atoms with Gasteiger partial charge in [0.2, 0.25) is 23.6 Å². The predicted octanol–water partition coefficient (Wildman–Crippen LogP) is 0.0474. The highest BCUT2D eigenvalue weighted by atomic mass is 33.1. The first-order valence-corrected chi connectivity index (χ1v) is 15.5. The van der Waals surface area contributed by atoms with Crippen molar-refractivity contribution in [2.45, 2.75) is 76.3 Å². The van der Waals surface area contributed by atoms with Crippen LogP contribution in [-0.2, 0) is 33.4 Å². The smallest absolute Gasteiger partial charge is 0.309 e. The van der Waals surface area contributed by atoms with Crippen LogP contribution in [0.1, 0.15) is 46.0 Å². The molecule has 2 heterocycles. The number of carbonyl (C=O) groups is 5. The standard InChI is InChI=1S/C25H40N4O8S2/c1-15(2)23-19(30)13-22(33)37-16-6-4-5-11-38-39-14-18(25(35)29-23)28-24(34)17(27-21(32)12-16)7-8-20(31)26-9-10-36-3/h4,6,15-19,23,30H,5,7-14H2,1-3H3,(H,26,31)(H,27,32)(H,28,34)(H,29,35)/b6-4+/t16-,17-,18+,19+,23-/m1/s1. The van der Waals surface area contributed by atoms with Gasteiger partial charge in [-0.3, -0.25) is 24.0 Å². The van der Waals surface area contributed by atoms with Crippen molar-refractivity contribution in [2.75, 3.05) is 31.8 Å². The zero-order valence-corrected chi connectivity index (χ0v) is 24.2. The van der Waals surface area contributed by atoms with Crippen molar-refractivity contribution in [3.8, 4) is 0 Å². The van der Waals surface area contributed by atoms with Gasteiger partial charge in [0.05, 0.1) is 31.6 Å². The van der Waals surface area contributed by atoms with Crippen LogP contribution in [0.25, 0.3) is 0 Å². The zero-order valence-electron chi connectivity index (χ0n) is 22.6. The van der Waals surface area contributed by atoms with Gasteiger partial charge < -0.3 is 35.8 Å². The fourth-order valence-electron chi connectivity index (χ4n) is 3.99. The second-order valence-electron chi connectivity index (χ2n) is 9.67. The molecule has 0 unspecified atom stereocenters. The third kappa shape index (κ3) is 12.2. The van der Waals surface area contributed by atoms with E-state index < -0.39 is 54.0 Å². The maximum atomic E-state index is 13.3. The molecule has 4 amide bonds. The van der Waals surface area contributed by atoms with Gasteiger partial charge in [-0.2, -0.15) is 0 Å². The Kier molecular flexibility index (Phi) is 14.7. The topological polar surface area (TPSA) is 172 Å². The number of aliphatic hydroxyl groups excluding tert-OH is 1. The molecular weight excluding hydrogens is 548 g/mol. The van der Waals surface area contributed by atoms with Gasteiger partial charge in [-0.05, 0) is 24.8 Å². The van der Waals surface area contributed by atoms with Gasteiger partial charge in [-0.25, -0.2) is 0 Å². The lowest BCUT2D eigenvalue weighted by Crippen LogP contribution is -2.58. The van der Waals surface area contributed by atoms with Crippen LogP contribution >= 0.6 is 21.6 Å². The van der Waals surface area contributed by atoms with E-state index in [1.807, 2.05) is 6.08 Å². The summed E-state index contributed by atoms with van der Waals surface area (Å²) in [5.41, 5.74) is 0. The number of hydrogen-bond donors (Lipinski definition) is 5. The number of amides is 4. The number of nitrogens with one attached hydrogen (secondary N) is 4. The third-order valence-corrected chi connectivity index (χ3v) is 8.54. The fourth-order valence-corrected chi connectivity index (χ4v) is 6.15. The monoisotopic (exact) mass is 588 g/mol. The lowest BCUT2D eigenvalue weighted by molar-refractivity contribution is -0.151. The highest BCUT2D eigenvalue weighted by molar-refractivity contribution is 8.76. The zero-order chi connectivity index (χ0) is 28.8. The minimum Gasteiger partial charge on any atom is -0.457 e. The molecule has 14 heteroatoms. The summed E-state index contributed by atoms with van der Waals surface area (Å²) in [5.74, 6) is -2.04. The summed E-state index contributed by atoms with van der Waals surface area (Å²) in [7, 11) is 4.45. The lowest BCUT2D eigenvalue weighted by atomic mass is 9.96. The molecule has 220 valence electrons. The minimum absolute atomic E-state index is 0.0136. The number of carbonyl (C=O) groups excluding carboxylic acids is 5. The van der Waals surface area contributed by atoms with E-state index in [1.54, 1.807) is 19.9 Å². The summed E-state index contributed by atoms with van der Waals surface area (Å²) in [4.78, 5) is 64.5. The van der Waals surface area contributed by atoms with Crippen LogP contribution in [0.5, 0.6) is 0 Å². The Labute approximate surface area is 236 Å². The number of hydrogen-bond acceptors (Lipinski definition) is 10. The van der Waals surface area contributed by atoms with Gasteiger partial charge in [-0.1, -0.05) is 41.5 Å². The van der Waals surface area contributed by atoms with Gasteiger partial charge in [0, 0.05) is 31.6 Å². The molecule has 0 aliphatic carbocycles.